The van der Waals surface area contributed by atoms with E-state index in [9.17, 15) is 4.79 Å². The van der Waals surface area contributed by atoms with Gasteiger partial charge in [-0.1, -0.05) is 17.4 Å². The molecule has 1 aromatic heterocycles. The number of hydrogen-bond donors (Lipinski definition) is 1. The number of nitrogens with zero attached hydrogens (tertiary/aromatic N) is 1. The second kappa shape index (κ2) is 8.73. The second-order valence-electron chi connectivity index (χ2n) is 5.82. The van der Waals surface area contributed by atoms with Crippen molar-refractivity contribution in [2.45, 2.75) is 19.8 Å². The Labute approximate surface area is 162 Å². The number of nitrogens with one attached hydrogen (secondary N) is 1. The van der Waals surface area contributed by atoms with E-state index in [-0.39, 0.29) is 5.91 Å². The third-order valence-corrected chi connectivity index (χ3v) is 4.94. The summed E-state index contributed by atoms with van der Waals surface area (Å²) >= 11 is 1.43. The van der Waals surface area contributed by atoms with E-state index in [2.05, 4.69) is 10.3 Å². The summed E-state index contributed by atoms with van der Waals surface area (Å²) in [4.78, 5) is 16.7. The molecule has 0 fully saturated rings. The van der Waals surface area contributed by atoms with Gasteiger partial charge in [0.05, 0.1) is 31.0 Å². The monoisotopic (exact) mass is 386 g/mol. The Morgan fingerprint density at radius 1 is 1.11 bits per heavy atom. The van der Waals surface area contributed by atoms with Crippen LogP contribution < -0.4 is 19.5 Å². The fraction of sp³-hybridized carbons (Fsp3) is 0.300. The van der Waals surface area contributed by atoms with Crippen molar-refractivity contribution in [2.75, 3.05) is 26.1 Å². The SMILES string of the molecule is CCOc1ccc(CCC(=O)Nc2nc3ccc(OC)cc3s2)cc1OC. The van der Waals surface area contributed by atoms with Crippen molar-refractivity contribution in [1.29, 1.82) is 0 Å². The third-order valence-electron chi connectivity index (χ3n) is 4.01. The van der Waals surface area contributed by atoms with Gasteiger partial charge in [-0.2, -0.15) is 0 Å². The highest BCUT2D eigenvalue weighted by atomic mass is 32.1. The largest absolute Gasteiger partial charge is 0.497 e. The van der Waals surface area contributed by atoms with E-state index in [4.69, 9.17) is 14.2 Å². The van der Waals surface area contributed by atoms with Gasteiger partial charge in [0, 0.05) is 6.42 Å². The second-order valence-corrected chi connectivity index (χ2v) is 6.85. The van der Waals surface area contributed by atoms with Crippen LogP contribution in [0.5, 0.6) is 17.2 Å². The van der Waals surface area contributed by atoms with Gasteiger partial charge in [0.1, 0.15) is 5.75 Å². The maximum absolute atomic E-state index is 12.3. The molecule has 0 bridgehead atoms. The van der Waals surface area contributed by atoms with E-state index in [0.717, 1.165) is 21.5 Å². The van der Waals surface area contributed by atoms with Crippen LogP contribution in [0, 0.1) is 0 Å². The van der Waals surface area contributed by atoms with E-state index < -0.39 is 0 Å². The lowest BCUT2D eigenvalue weighted by molar-refractivity contribution is -0.116. The molecule has 1 heterocycles. The molecule has 27 heavy (non-hydrogen) atoms. The number of amides is 1. The minimum atomic E-state index is -0.0751. The molecule has 6 nitrogen and oxygen atoms in total. The molecule has 0 spiro atoms. The number of ether oxygens (including phenoxy) is 3. The van der Waals surface area contributed by atoms with Crippen molar-refractivity contribution in [3.63, 3.8) is 0 Å². The van der Waals surface area contributed by atoms with Crippen molar-refractivity contribution < 1.29 is 19.0 Å². The molecule has 142 valence electrons. The molecule has 0 unspecified atom stereocenters. The normalized spacial score (nSPS) is 10.6. The molecule has 0 saturated carbocycles. The summed E-state index contributed by atoms with van der Waals surface area (Å²) in [6, 6.07) is 11.4. The molecule has 0 atom stereocenters. The molecule has 1 amide bonds. The molecule has 0 aliphatic rings. The molecule has 1 N–H and O–H groups in total. The van der Waals surface area contributed by atoms with Crippen molar-refractivity contribution in [2.24, 2.45) is 0 Å². The van der Waals surface area contributed by atoms with Gasteiger partial charge in [0.2, 0.25) is 5.91 Å². The van der Waals surface area contributed by atoms with E-state index in [0.29, 0.717) is 36.1 Å². The van der Waals surface area contributed by atoms with Gasteiger partial charge in [-0.3, -0.25) is 4.79 Å². The van der Waals surface area contributed by atoms with Crippen LogP contribution in [0.4, 0.5) is 5.13 Å². The highest BCUT2D eigenvalue weighted by molar-refractivity contribution is 7.22. The van der Waals surface area contributed by atoms with E-state index >= 15 is 0 Å². The number of hydrogen-bond acceptors (Lipinski definition) is 6. The van der Waals surface area contributed by atoms with Gasteiger partial charge in [-0.15, -0.1) is 0 Å². The first-order valence-electron chi connectivity index (χ1n) is 8.67. The maximum Gasteiger partial charge on any atom is 0.226 e. The van der Waals surface area contributed by atoms with Crippen LogP contribution in [0.15, 0.2) is 36.4 Å². The highest BCUT2D eigenvalue weighted by Crippen LogP contribution is 2.30. The number of carbonyl (C=O) groups is 1. The van der Waals surface area contributed by atoms with Crippen LogP contribution in [0.25, 0.3) is 10.2 Å². The minimum Gasteiger partial charge on any atom is -0.497 e. The third kappa shape index (κ3) is 4.68. The van der Waals surface area contributed by atoms with Gasteiger partial charge in [-0.25, -0.2) is 4.98 Å². The quantitative estimate of drug-likeness (QED) is 0.626. The number of methoxy groups -OCH3 is 2. The Hall–Kier alpha value is -2.80. The summed E-state index contributed by atoms with van der Waals surface area (Å²) in [5.41, 5.74) is 1.85. The van der Waals surface area contributed by atoms with Crippen LogP contribution in [0.2, 0.25) is 0 Å². The zero-order valence-corrected chi connectivity index (χ0v) is 16.4. The van der Waals surface area contributed by atoms with Crippen LogP contribution in [0.1, 0.15) is 18.9 Å². The number of benzene rings is 2. The summed E-state index contributed by atoms with van der Waals surface area (Å²) in [5.74, 6) is 2.08. The van der Waals surface area contributed by atoms with Gasteiger partial charge in [0.25, 0.3) is 0 Å². The van der Waals surface area contributed by atoms with Crippen LogP contribution >= 0.6 is 11.3 Å². The summed E-state index contributed by atoms with van der Waals surface area (Å²) in [5, 5.41) is 3.46. The first kappa shape index (κ1) is 19.0. The smallest absolute Gasteiger partial charge is 0.226 e. The van der Waals surface area contributed by atoms with Gasteiger partial charge in [-0.05, 0) is 49.2 Å². The summed E-state index contributed by atoms with van der Waals surface area (Å²) in [7, 11) is 3.23. The molecule has 3 aromatic rings. The van der Waals surface area contributed by atoms with Crippen LogP contribution in [-0.2, 0) is 11.2 Å². The summed E-state index contributed by atoms with van der Waals surface area (Å²) in [6.07, 6.45) is 0.962. The average Bonchev–Trinajstić information content (AvgIpc) is 3.08. The Bertz CT molecular complexity index is 939. The number of anilines is 1. The Kier molecular flexibility index (Phi) is 6.13. The number of aromatic nitrogens is 1. The molecular formula is C20H22N2O4S. The summed E-state index contributed by atoms with van der Waals surface area (Å²) in [6.45, 7) is 2.50. The Balaban J connectivity index is 1.61. The van der Waals surface area contributed by atoms with Crippen molar-refractivity contribution >= 4 is 32.6 Å². The lowest BCUT2D eigenvalue weighted by Gasteiger charge is -2.10. The lowest BCUT2D eigenvalue weighted by Crippen LogP contribution is -2.12. The Morgan fingerprint density at radius 3 is 2.70 bits per heavy atom. The van der Waals surface area contributed by atoms with Gasteiger partial charge in [0.15, 0.2) is 16.6 Å². The molecule has 3 rings (SSSR count). The molecular weight excluding hydrogens is 364 g/mol. The fourth-order valence-electron chi connectivity index (χ4n) is 2.67. The van der Waals surface area contributed by atoms with Crippen molar-refractivity contribution in [3.05, 3.63) is 42.0 Å². The molecule has 0 aliphatic heterocycles. The van der Waals surface area contributed by atoms with Gasteiger partial charge >= 0.3 is 0 Å². The van der Waals surface area contributed by atoms with Crippen LogP contribution in [0.3, 0.4) is 0 Å². The molecule has 0 saturated heterocycles. The lowest BCUT2D eigenvalue weighted by atomic mass is 10.1. The number of carbonyl (C=O) groups excluding carboxylic acids is 1. The number of thiazole rings is 1. The van der Waals surface area contributed by atoms with Crippen molar-refractivity contribution in [1.82, 2.24) is 4.98 Å². The predicted octanol–water partition coefficient (Wildman–Crippen LogP) is 4.28. The predicted molar refractivity (Wildman–Crippen MR) is 107 cm³/mol. The van der Waals surface area contributed by atoms with E-state index in [1.165, 1.54) is 11.3 Å². The van der Waals surface area contributed by atoms with Gasteiger partial charge < -0.3 is 19.5 Å². The highest BCUT2D eigenvalue weighted by Gasteiger charge is 2.10. The van der Waals surface area contributed by atoms with Crippen molar-refractivity contribution in [3.8, 4) is 17.2 Å². The first-order chi connectivity index (χ1) is 13.1. The average molecular weight is 386 g/mol. The topological polar surface area (TPSA) is 69.7 Å². The molecule has 7 heteroatoms. The standard InChI is InChI=1S/C20H22N2O4S/c1-4-26-16-9-5-13(11-17(16)25-3)6-10-19(23)22-20-21-15-8-7-14(24-2)12-18(15)27-20/h5,7-9,11-12H,4,6,10H2,1-3H3,(H,21,22,23). The van der Waals surface area contributed by atoms with E-state index in [1.54, 1.807) is 14.2 Å². The molecule has 0 radical (unpaired) electrons. The molecule has 0 aliphatic carbocycles. The zero-order valence-electron chi connectivity index (χ0n) is 15.6. The fourth-order valence-corrected chi connectivity index (χ4v) is 3.58. The maximum atomic E-state index is 12.3. The summed E-state index contributed by atoms with van der Waals surface area (Å²) < 4.78 is 17.1. The number of rotatable bonds is 8. The minimum absolute atomic E-state index is 0.0751. The van der Waals surface area contributed by atoms with Crippen LogP contribution in [-0.4, -0.2) is 31.7 Å². The number of fused-ring (bicyclic) bond motifs is 1. The zero-order chi connectivity index (χ0) is 19.2. The number of aryl methyl sites for hydroxylation is 1. The Morgan fingerprint density at radius 2 is 1.96 bits per heavy atom. The molecule has 2 aromatic carbocycles. The first-order valence-corrected chi connectivity index (χ1v) is 9.48. The van der Waals surface area contributed by atoms with E-state index in [1.807, 2.05) is 43.3 Å².